The Morgan fingerprint density at radius 1 is 1.05 bits per heavy atom. The molecule has 19 heavy (non-hydrogen) atoms. The molecule has 0 atom stereocenters. The molecular weight excluding hydrogens is 305 g/mol. The van der Waals surface area contributed by atoms with Gasteiger partial charge in [-0.05, 0) is 36.8 Å². The standard InChI is InChI=1S/C13H8Cl3N3/c1-6-4-7(14)2-3-8(6)12-17-10-5-9(15)11(16)18-13(10)19-12/h2-5H,1H3,(H,17,18,19). The predicted molar refractivity (Wildman–Crippen MR) is 79.1 cm³/mol. The lowest BCUT2D eigenvalue weighted by Crippen LogP contribution is -1.85. The van der Waals surface area contributed by atoms with Gasteiger partial charge in [0.1, 0.15) is 11.0 Å². The van der Waals surface area contributed by atoms with Gasteiger partial charge in [-0.3, -0.25) is 0 Å². The number of hydrogen-bond acceptors (Lipinski definition) is 2. The fraction of sp³-hybridized carbons (Fsp3) is 0.0769. The second kappa shape index (κ2) is 4.67. The lowest BCUT2D eigenvalue weighted by atomic mass is 10.1. The van der Waals surface area contributed by atoms with Gasteiger partial charge >= 0.3 is 0 Å². The van der Waals surface area contributed by atoms with Crippen molar-refractivity contribution in [2.45, 2.75) is 6.92 Å². The number of rotatable bonds is 1. The van der Waals surface area contributed by atoms with Crippen molar-refractivity contribution in [1.82, 2.24) is 15.0 Å². The number of fused-ring (bicyclic) bond motifs is 1. The molecule has 0 fully saturated rings. The fourth-order valence-electron chi connectivity index (χ4n) is 1.92. The molecule has 0 saturated carbocycles. The number of halogens is 3. The van der Waals surface area contributed by atoms with E-state index in [1.54, 1.807) is 6.07 Å². The second-order valence-corrected chi connectivity index (χ2v) is 5.38. The van der Waals surface area contributed by atoms with Gasteiger partial charge in [-0.1, -0.05) is 34.8 Å². The molecule has 0 radical (unpaired) electrons. The topological polar surface area (TPSA) is 41.6 Å². The third-order valence-electron chi connectivity index (χ3n) is 2.83. The Balaban J connectivity index is 2.20. The molecule has 0 amide bonds. The molecule has 3 nitrogen and oxygen atoms in total. The quantitative estimate of drug-likeness (QED) is 0.650. The van der Waals surface area contributed by atoms with E-state index in [2.05, 4.69) is 15.0 Å². The van der Waals surface area contributed by atoms with Crippen molar-refractivity contribution in [3.63, 3.8) is 0 Å². The van der Waals surface area contributed by atoms with Crippen molar-refractivity contribution < 1.29 is 0 Å². The first-order chi connectivity index (χ1) is 9.04. The van der Waals surface area contributed by atoms with E-state index < -0.39 is 0 Å². The van der Waals surface area contributed by atoms with Crippen LogP contribution in [0.15, 0.2) is 24.3 Å². The third kappa shape index (κ3) is 2.29. The van der Waals surface area contributed by atoms with Crippen molar-refractivity contribution in [3.05, 3.63) is 45.0 Å². The summed E-state index contributed by atoms with van der Waals surface area (Å²) in [6, 6.07) is 7.34. The number of imidazole rings is 1. The molecule has 6 heteroatoms. The molecule has 0 bridgehead atoms. The van der Waals surface area contributed by atoms with Gasteiger partial charge in [0.15, 0.2) is 5.65 Å². The Labute approximate surface area is 124 Å². The van der Waals surface area contributed by atoms with Gasteiger partial charge in [0.05, 0.1) is 10.5 Å². The molecule has 2 aromatic heterocycles. The minimum atomic E-state index is 0.250. The van der Waals surface area contributed by atoms with Gasteiger partial charge in [-0.2, -0.15) is 0 Å². The molecule has 96 valence electrons. The van der Waals surface area contributed by atoms with Crippen LogP contribution in [0, 0.1) is 6.92 Å². The number of hydrogen-bond donors (Lipinski definition) is 1. The Hall–Kier alpha value is -1.29. The van der Waals surface area contributed by atoms with Gasteiger partial charge in [-0.25, -0.2) is 9.97 Å². The highest BCUT2D eigenvalue weighted by molar-refractivity contribution is 6.41. The molecule has 1 aromatic carbocycles. The van der Waals surface area contributed by atoms with Crippen LogP contribution in [-0.4, -0.2) is 15.0 Å². The summed E-state index contributed by atoms with van der Waals surface area (Å²) in [5, 5.41) is 1.35. The van der Waals surface area contributed by atoms with Crippen LogP contribution < -0.4 is 0 Å². The Bertz CT molecular complexity index is 741. The van der Waals surface area contributed by atoms with Crippen LogP contribution in [0.4, 0.5) is 0 Å². The zero-order valence-electron chi connectivity index (χ0n) is 9.84. The lowest BCUT2D eigenvalue weighted by Gasteiger charge is -2.02. The third-order valence-corrected chi connectivity index (χ3v) is 3.74. The average Bonchev–Trinajstić information content (AvgIpc) is 2.72. The van der Waals surface area contributed by atoms with E-state index >= 15 is 0 Å². The van der Waals surface area contributed by atoms with Gasteiger partial charge < -0.3 is 4.98 Å². The van der Waals surface area contributed by atoms with E-state index in [1.165, 1.54) is 0 Å². The molecule has 0 unspecified atom stereocenters. The summed E-state index contributed by atoms with van der Waals surface area (Å²) in [6.07, 6.45) is 0. The predicted octanol–water partition coefficient (Wildman–Crippen LogP) is 4.89. The number of aromatic nitrogens is 3. The highest BCUT2D eigenvalue weighted by atomic mass is 35.5. The monoisotopic (exact) mass is 311 g/mol. The van der Waals surface area contributed by atoms with Crippen molar-refractivity contribution in [2.24, 2.45) is 0 Å². The molecular formula is C13H8Cl3N3. The number of pyridine rings is 1. The van der Waals surface area contributed by atoms with E-state index in [1.807, 2.05) is 25.1 Å². The maximum atomic E-state index is 5.95. The highest BCUT2D eigenvalue weighted by Gasteiger charge is 2.11. The summed E-state index contributed by atoms with van der Waals surface area (Å²) in [5.74, 6) is 0.718. The van der Waals surface area contributed by atoms with E-state index in [0.717, 1.165) is 22.5 Å². The van der Waals surface area contributed by atoms with E-state index in [9.17, 15) is 0 Å². The molecule has 0 spiro atoms. The lowest BCUT2D eigenvalue weighted by molar-refractivity contribution is 1.28. The minimum Gasteiger partial charge on any atom is -0.337 e. The fourth-order valence-corrected chi connectivity index (χ4v) is 2.43. The number of benzene rings is 1. The Morgan fingerprint density at radius 2 is 1.84 bits per heavy atom. The summed E-state index contributed by atoms with van der Waals surface area (Å²) >= 11 is 17.8. The molecule has 0 aliphatic rings. The van der Waals surface area contributed by atoms with Crippen LogP contribution in [-0.2, 0) is 0 Å². The molecule has 1 N–H and O–H groups in total. The van der Waals surface area contributed by atoms with Crippen LogP contribution in [0.2, 0.25) is 15.2 Å². The van der Waals surface area contributed by atoms with Crippen molar-refractivity contribution in [1.29, 1.82) is 0 Å². The smallest absolute Gasteiger partial charge is 0.179 e. The molecule has 3 rings (SSSR count). The zero-order chi connectivity index (χ0) is 13.6. The summed E-state index contributed by atoms with van der Waals surface area (Å²) in [5.41, 5.74) is 3.29. The summed E-state index contributed by atoms with van der Waals surface area (Å²) in [4.78, 5) is 11.7. The number of H-pyrrole nitrogens is 1. The number of nitrogens with zero attached hydrogens (tertiary/aromatic N) is 2. The van der Waals surface area contributed by atoms with Gasteiger partial charge in [0.25, 0.3) is 0 Å². The van der Waals surface area contributed by atoms with Crippen LogP contribution in [0.3, 0.4) is 0 Å². The molecule has 2 heterocycles. The van der Waals surface area contributed by atoms with Crippen molar-refractivity contribution in [2.75, 3.05) is 0 Å². The van der Waals surface area contributed by atoms with Gasteiger partial charge in [0.2, 0.25) is 0 Å². The first-order valence-corrected chi connectivity index (χ1v) is 6.66. The number of aryl methyl sites for hydroxylation is 1. The average molecular weight is 313 g/mol. The zero-order valence-corrected chi connectivity index (χ0v) is 12.1. The SMILES string of the molecule is Cc1cc(Cl)ccc1-c1nc2nc(Cl)c(Cl)cc2[nH]1. The molecule has 0 saturated heterocycles. The summed E-state index contributed by atoms with van der Waals surface area (Å²) in [7, 11) is 0. The Kier molecular flexibility index (Phi) is 3.13. The molecule has 3 aromatic rings. The maximum Gasteiger partial charge on any atom is 0.179 e. The van der Waals surface area contributed by atoms with Crippen molar-refractivity contribution >= 4 is 46.0 Å². The molecule has 0 aliphatic heterocycles. The highest BCUT2D eigenvalue weighted by Crippen LogP contribution is 2.28. The number of nitrogens with one attached hydrogen (secondary N) is 1. The van der Waals surface area contributed by atoms with Crippen molar-refractivity contribution in [3.8, 4) is 11.4 Å². The largest absolute Gasteiger partial charge is 0.337 e. The van der Waals surface area contributed by atoms with Crippen LogP contribution in [0.1, 0.15) is 5.56 Å². The van der Waals surface area contributed by atoms with E-state index in [-0.39, 0.29) is 5.15 Å². The summed E-state index contributed by atoms with van der Waals surface area (Å²) in [6.45, 7) is 1.97. The van der Waals surface area contributed by atoms with E-state index in [0.29, 0.717) is 15.7 Å². The van der Waals surface area contributed by atoms with Crippen LogP contribution >= 0.6 is 34.8 Å². The second-order valence-electron chi connectivity index (χ2n) is 4.18. The summed E-state index contributed by atoms with van der Waals surface area (Å²) < 4.78 is 0. The normalized spacial score (nSPS) is 11.2. The number of aromatic amines is 1. The maximum absolute atomic E-state index is 5.95. The van der Waals surface area contributed by atoms with Gasteiger partial charge in [-0.15, -0.1) is 0 Å². The minimum absolute atomic E-state index is 0.250. The Morgan fingerprint density at radius 3 is 2.58 bits per heavy atom. The first kappa shape index (κ1) is 12.7. The van der Waals surface area contributed by atoms with Gasteiger partial charge in [0, 0.05) is 10.6 Å². The van der Waals surface area contributed by atoms with E-state index in [4.69, 9.17) is 34.8 Å². The molecule has 0 aliphatic carbocycles. The van der Waals surface area contributed by atoms with Crippen LogP contribution in [0.5, 0.6) is 0 Å². The van der Waals surface area contributed by atoms with Crippen LogP contribution in [0.25, 0.3) is 22.6 Å². The first-order valence-electron chi connectivity index (χ1n) is 5.53.